The standard InChI is InChI=1S/C31H26O6/c32-29(19-10-4-1-5-11-19)35-22-16-23-24(17-22)26-18-25(23)27(36-30(33)20-12-6-2-7-13-20)28(26)37-31(34)21-14-8-3-9-15-21/h1-16,22,24-28H,17-18H2/t22-,24+,25+,26-,27+,28-/m0/s1. The van der Waals surface area contributed by atoms with Crippen LogP contribution < -0.4 is 0 Å². The zero-order chi connectivity index (χ0) is 25.4. The van der Waals surface area contributed by atoms with Crippen LogP contribution in [0.15, 0.2) is 103 Å². The Morgan fingerprint density at radius 1 is 0.541 bits per heavy atom. The normalized spacial score (nSPS) is 27.2. The second-order valence-corrected chi connectivity index (χ2v) is 9.80. The summed E-state index contributed by atoms with van der Waals surface area (Å²) in [5.74, 6) is -1.24. The van der Waals surface area contributed by atoms with Crippen molar-refractivity contribution in [2.45, 2.75) is 31.2 Å². The van der Waals surface area contributed by atoms with Crippen molar-refractivity contribution >= 4 is 17.9 Å². The molecule has 0 aliphatic heterocycles. The molecule has 6 rings (SSSR count). The summed E-state index contributed by atoms with van der Waals surface area (Å²) in [6.45, 7) is 0. The number of carbonyl (C=O) groups excluding carboxylic acids is 3. The first kappa shape index (κ1) is 23.2. The molecule has 2 fully saturated rings. The van der Waals surface area contributed by atoms with Gasteiger partial charge in [0, 0.05) is 11.8 Å². The molecule has 3 aliphatic carbocycles. The number of fused-ring (bicyclic) bond motifs is 5. The Morgan fingerprint density at radius 2 is 1.00 bits per heavy atom. The van der Waals surface area contributed by atoms with E-state index in [1.165, 1.54) is 0 Å². The monoisotopic (exact) mass is 494 g/mol. The first-order valence-corrected chi connectivity index (χ1v) is 12.6. The average molecular weight is 495 g/mol. The second kappa shape index (κ2) is 9.69. The molecule has 0 heterocycles. The van der Waals surface area contributed by atoms with Crippen molar-refractivity contribution in [1.82, 2.24) is 0 Å². The largest absolute Gasteiger partial charge is 0.455 e. The molecule has 6 heteroatoms. The third-order valence-corrected chi connectivity index (χ3v) is 7.68. The summed E-state index contributed by atoms with van der Waals surface area (Å²) < 4.78 is 17.8. The SMILES string of the molecule is O=C(O[C@H]1[C@H]2C[C@H](C3=C[C@H](OC(=O)c4ccccc4)C[C@H]32)[C@H]1OC(=O)c1ccccc1)c1ccccc1. The van der Waals surface area contributed by atoms with Crippen molar-refractivity contribution in [3.8, 4) is 0 Å². The Bertz CT molecular complexity index is 1330. The third-order valence-electron chi connectivity index (χ3n) is 7.68. The lowest BCUT2D eigenvalue weighted by molar-refractivity contribution is -0.0560. The van der Waals surface area contributed by atoms with Gasteiger partial charge in [-0.15, -0.1) is 0 Å². The fraction of sp³-hybridized carbons (Fsp3) is 0.258. The molecule has 2 saturated carbocycles. The van der Waals surface area contributed by atoms with Crippen LogP contribution >= 0.6 is 0 Å². The highest BCUT2D eigenvalue weighted by molar-refractivity contribution is 5.91. The van der Waals surface area contributed by atoms with Gasteiger partial charge in [0.2, 0.25) is 0 Å². The highest BCUT2D eigenvalue weighted by Crippen LogP contribution is 2.58. The van der Waals surface area contributed by atoms with Crippen LogP contribution in [0.5, 0.6) is 0 Å². The van der Waals surface area contributed by atoms with Gasteiger partial charge in [0.15, 0.2) is 0 Å². The predicted octanol–water partition coefficient (Wildman–Crippen LogP) is 5.26. The van der Waals surface area contributed by atoms with Crippen LogP contribution in [0.25, 0.3) is 0 Å². The Hall–Kier alpha value is -4.19. The van der Waals surface area contributed by atoms with Gasteiger partial charge < -0.3 is 14.2 Å². The molecule has 37 heavy (non-hydrogen) atoms. The average Bonchev–Trinajstić information content (AvgIpc) is 3.61. The van der Waals surface area contributed by atoms with Crippen molar-refractivity contribution in [1.29, 1.82) is 0 Å². The fourth-order valence-corrected chi connectivity index (χ4v) is 6.06. The van der Waals surface area contributed by atoms with E-state index in [1.807, 2.05) is 24.3 Å². The molecule has 0 saturated heterocycles. The van der Waals surface area contributed by atoms with Crippen LogP contribution in [-0.2, 0) is 14.2 Å². The van der Waals surface area contributed by atoms with Gasteiger partial charge in [-0.2, -0.15) is 0 Å². The molecule has 2 bridgehead atoms. The summed E-state index contributed by atoms with van der Waals surface area (Å²) in [7, 11) is 0. The zero-order valence-electron chi connectivity index (χ0n) is 20.1. The van der Waals surface area contributed by atoms with Crippen molar-refractivity contribution < 1.29 is 28.6 Å². The molecule has 0 amide bonds. The van der Waals surface area contributed by atoms with Gasteiger partial charge in [-0.1, -0.05) is 60.2 Å². The minimum atomic E-state index is -0.601. The third kappa shape index (κ3) is 4.44. The molecule has 0 radical (unpaired) electrons. The molecular formula is C31H26O6. The molecule has 186 valence electrons. The van der Waals surface area contributed by atoms with Crippen LogP contribution in [0.4, 0.5) is 0 Å². The zero-order valence-corrected chi connectivity index (χ0v) is 20.1. The Balaban J connectivity index is 1.24. The molecule has 6 atom stereocenters. The molecule has 0 N–H and O–H groups in total. The van der Waals surface area contributed by atoms with Crippen LogP contribution in [0.3, 0.4) is 0 Å². The number of esters is 3. The van der Waals surface area contributed by atoms with Crippen molar-refractivity contribution in [3.05, 3.63) is 119 Å². The van der Waals surface area contributed by atoms with Gasteiger partial charge >= 0.3 is 17.9 Å². The Labute approximate surface area is 214 Å². The molecule has 6 nitrogen and oxygen atoms in total. The summed E-state index contributed by atoms with van der Waals surface area (Å²) in [4.78, 5) is 38.6. The van der Waals surface area contributed by atoms with Crippen molar-refractivity contribution in [2.75, 3.05) is 0 Å². The molecule has 0 spiro atoms. The maximum Gasteiger partial charge on any atom is 0.338 e. The van der Waals surface area contributed by atoms with Gasteiger partial charge in [0.25, 0.3) is 0 Å². The number of rotatable bonds is 6. The smallest absolute Gasteiger partial charge is 0.338 e. The topological polar surface area (TPSA) is 78.9 Å². The number of carbonyl (C=O) groups is 3. The van der Waals surface area contributed by atoms with E-state index in [2.05, 4.69) is 0 Å². The Morgan fingerprint density at radius 3 is 1.51 bits per heavy atom. The minimum Gasteiger partial charge on any atom is -0.455 e. The highest BCUT2D eigenvalue weighted by Gasteiger charge is 2.61. The summed E-state index contributed by atoms with van der Waals surface area (Å²) in [6, 6.07) is 26.6. The first-order chi connectivity index (χ1) is 18.1. The van der Waals surface area contributed by atoms with E-state index < -0.39 is 24.1 Å². The van der Waals surface area contributed by atoms with Gasteiger partial charge in [0.1, 0.15) is 18.3 Å². The fourth-order valence-electron chi connectivity index (χ4n) is 6.06. The molecule has 3 aliphatic rings. The van der Waals surface area contributed by atoms with Crippen LogP contribution in [0, 0.1) is 17.8 Å². The van der Waals surface area contributed by atoms with Gasteiger partial charge in [-0.05, 0) is 61.2 Å². The van der Waals surface area contributed by atoms with Crippen molar-refractivity contribution in [3.63, 3.8) is 0 Å². The van der Waals surface area contributed by atoms with Crippen LogP contribution in [0.2, 0.25) is 0 Å². The summed E-state index contributed by atoms with van der Waals surface area (Å²) in [5.41, 5.74) is 2.54. The van der Waals surface area contributed by atoms with E-state index in [9.17, 15) is 14.4 Å². The minimum absolute atomic E-state index is 0.0158. The molecule has 3 aromatic rings. The molecular weight excluding hydrogens is 468 g/mol. The summed E-state index contributed by atoms with van der Waals surface area (Å²) in [5, 5.41) is 0. The van der Waals surface area contributed by atoms with E-state index in [0.717, 1.165) is 12.0 Å². The maximum atomic E-state index is 13.0. The van der Waals surface area contributed by atoms with Gasteiger partial charge in [-0.25, -0.2) is 14.4 Å². The Kier molecular flexibility index (Phi) is 6.08. The lowest BCUT2D eigenvalue weighted by atomic mass is 9.82. The van der Waals surface area contributed by atoms with Crippen LogP contribution in [-0.4, -0.2) is 36.2 Å². The summed E-state index contributed by atoms with van der Waals surface area (Å²) >= 11 is 0. The second-order valence-electron chi connectivity index (χ2n) is 9.80. The van der Waals surface area contributed by atoms with E-state index in [1.54, 1.807) is 72.8 Å². The van der Waals surface area contributed by atoms with Gasteiger partial charge in [0.05, 0.1) is 16.7 Å². The van der Waals surface area contributed by atoms with Crippen LogP contribution in [0.1, 0.15) is 43.9 Å². The van der Waals surface area contributed by atoms with E-state index in [4.69, 9.17) is 14.2 Å². The lowest BCUT2D eigenvalue weighted by Crippen LogP contribution is -2.43. The highest BCUT2D eigenvalue weighted by atomic mass is 16.6. The lowest BCUT2D eigenvalue weighted by Gasteiger charge is -2.34. The van der Waals surface area contributed by atoms with E-state index in [-0.39, 0.29) is 29.8 Å². The number of hydrogen-bond donors (Lipinski definition) is 0. The first-order valence-electron chi connectivity index (χ1n) is 12.6. The van der Waals surface area contributed by atoms with E-state index >= 15 is 0 Å². The quantitative estimate of drug-likeness (QED) is 0.264. The number of hydrogen-bond acceptors (Lipinski definition) is 6. The van der Waals surface area contributed by atoms with E-state index in [0.29, 0.717) is 23.1 Å². The van der Waals surface area contributed by atoms with Crippen molar-refractivity contribution in [2.24, 2.45) is 17.8 Å². The van der Waals surface area contributed by atoms with Gasteiger partial charge in [-0.3, -0.25) is 0 Å². The molecule has 3 aromatic carbocycles. The molecule has 0 unspecified atom stereocenters. The maximum absolute atomic E-state index is 13.0. The molecule has 0 aromatic heterocycles. The number of benzene rings is 3. The number of ether oxygens (including phenoxy) is 3. The predicted molar refractivity (Wildman–Crippen MR) is 135 cm³/mol. The summed E-state index contributed by atoms with van der Waals surface area (Å²) in [6.07, 6.45) is 1.86.